The molecule has 2 N–H and O–H groups in total. The minimum Gasteiger partial charge on any atom is -0.386 e. The first-order chi connectivity index (χ1) is 8.14. The summed E-state index contributed by atoms with van der Waals surface area (Å²) in [7, 11) is 0. The summed E-state index contributed by atoms with van der Waals surface area (Å²) in [6, 6.07) is 3.90. The van der Waals surface area contributed by atoms with E-state index in [0.29, 0.717) is 37.6 Å². The molecule has 0 bridgehead atoms. The van der Waals surface area contributed by atoms with Gasteiger partial charge in [0.2, 0.25) is 0 Å². The van der Waals surface area contributed by atoms with Crippen LogP contribution < -0.4 is 5.32 Å². The summed E-state index contributed by atoms with van der Waals surface area (Å²) < 4.78 is 5.15. The molecule has 0 aliphatic carbocycles. The number of aromatic nitrogens is 1. The molecule has 5 nitrogen and oxygen atoms in total. The number of hydrogen-bond acceptors (Lipinski definition) is 5. The largest absolute Gasteiger partial charge is 0.386 e. The maximum atomic E-state index is 10.1. The molecule has 0 aromatic carbocycles. The fraction of sp³-hybridized carbons (Fsp3) is 0.500. The number of anilines is 1. The van der Waals surface area contributed by atoms with Crippen LogP contribution in [0.25, 0.3) is 0 Å². The highest BCUT2D eigenvalue weighted by atomic mass is 16.5. The maximum absolute atomic E-state index is 10.1. The van der Waals surface area contributed by atoms with Crippen molar-refractivity contribution in [3.8, 4) is 6.07 Å². The summed E-state index contributed by atoms with van der Waals surface area (Å²) >= 11 is 0. The summed E-state index contributed by atoms with van der Waals surface area (Å²) in [4.78, 5) is 4.12. The van der Waals surface area contributed by atoms with Crippen LogP contribution in [0, 0.1) is 18.3 Å². The van der Waals surface area contributed by atoms with Gasteiger partial charge in [-0.1, -0.05) is 0 Å². The van der Waals surface area contributed by atoms with E-state index in [0.717, 1.165) is 5.56 Å². The predicted molar refractivity (Wildman–Crippen MR) is 62.6 cm³/mol. The lowest BCUT2D eigenvalue weighted by molar-refractivity contribution is 0.0381. The third-order valence-corrected chi connectivity index (χ3v) is 2.94. The van der Waals surface area contributed by atoms with Gasteiger partial charge in [0.15, 0.2) is 0 Å². The van der Waals surface area contributed by atoms with E-state index in [1.54, 1.807) is 12.3 Å². The van der Waals surface area contributed by atoms with E-state index in [1.807, 2.05) is 6.92 Å². The molecule has 1 saturated heterocycles. The monoisotopic (exact) mass is 233 g/mol. The van der Waals surface area contributed by atoms with Crippen LogP contribution in [0.4, 0.5) is 5.82 Å². The highest BCUT2D eigenvalue weighted by Crippen LogP contribution is 2.21. The molecule has 1 aliphatic heterocycles. The van der Waals surface area contributed by atoms with Gasteiger partial charge < -0.3 is 15.2 Å². The minimum absolute atomic E-state index is 0.327. The van der Waals surface area contributed by atoms with Crippen LogP contribution in [-0.4, -0.2) is 35.5 Å². The Balaban J connectivity index is 2.09. The number of pyridine rings is 1. The average molecular weight is 233 g/mol. The van der Waals surface area contributed by atoms with Gasteiger partial charge in [0.25, 0.3) is 0 Å². The Kier molecular flexibility index (Phi) is 3.27. The molecular formula is C12H15N3O2. The molecule has 2 heterocycles. The van der Waals surface area contributed by atoms with E-state index < -0.39 is 5.60 Å². The molecule has 1 unspecified atom stereocenters. The molecule has 17 heavy (non-hydrogen) atoms. The average Bonchev–Trinajstić information content (AvgIpc) is 2.74. The third-order valence-electron chi connectivity index (χ3n) is 2.94. The lowest BCUT2D eigenvalue weighted by atomic mass is 10.0. The molecule has 0 radical (unpaired) electrons. The summed E-state index contributed by atoms with van der Waals surface area (Å²) in [5, 5.41) is 22.1. The number of aliphatic hydroxyl groups is 1. The molecule has 90 valence electrons. The second-order valence-corrected chi connectivity index (χ2v) is 4.34. The number of nitrogens with zero attached hydrogens (tertiary/aromatic N) is 2. The zero-order chi connectivity index (χ0) is 12.3. The standard InChI is InChI=1S/C12H15N3O2/c1-9-2-4-14-11(10(9)6-13)15-7-12(16)3-5-17-8-12/h2,4,16H,3,5,7-8H2,1H3,(H,14,15). The minimum atomic E-state index is -0.849. The van der Waals surface area contributed by atoms with Crippen LogP contribution in [-0.2, 0) is 4.74 Å². The molecule has 5 heteroatoms. The first-order valence-corrected chi connectivity index (χ1v) is 5.54. The lowest BCUT2D eigenvalue weighted by Gasteiger charge is -2.21. The van der Waals surface area contributed by atoms with E-state index >= 15 is 0 Å². The lowest BCUT2D eigenvalue weighted by Crippen LogP contribution is -2.37. The van der Waals surface area contributed by atoms with Crippen molar-refractivity contribution in [3.63, 3.8) is 0 Å². The van der Waals surface area contributed by atoms with E-state index in [9.17, 15) is 5.11 Å². The van der Waals surface area contributed by atoms with Crippen LogP contribution in [0.15, 0.2) is 12.3 Å². The van der Waals surface area contributed by atoms with Crippen molar-refractivity contribution < 1.29 is 9.84 Å². The Labute approximate surface area is 100 Å². The number of ether oxygens (including phenoxy) is 1. The van der Waals surface area contributed by atoms with Gasteiger partial charge in [0.05, 0.1) is 12.2 Å². The SMILES string of the molecule is Cc1ccnc(NCC2(O)CCOC2)c1C#N. The van der Waals surface area contributed by atoms with Crippen LogP contribution in [0.1, 0.15) is 17.5 Å². The molecule has 2 rings (SSSR count). The van der Waals surface area contributed by atoms with Gasteiger partial charge in [0.1, 0.15) is 17.5 Å². The third kappa shape index (κ3) is 2.54. The topological polar surface area (TPSA) is 78.2 Å². The molecule has 1 aromatic heterocycles. The van der Waals surface area contributed by atoms with E-state index in [4.69, 9.17) is 10.00 Å². The maximum Gasteiger partial charge on any atom is 0.144 e. The van der Waals surface area contributed by atoms with E-state index in [1.165, 1.54) is 0 Å². The molecule has 1 atom stereocenters. The molecule has 0 saturated carbocycles. The van der Waals surface area contributed by atoms with Gasteiger partial charge in [-0.15, -0.1) is 0 Å². The predicted octanol–water partition coefficient (Wildman–Crippen LogP) is 0.825. The Hall–Kier alpha value is -1.64. The second kappa shape index (κ2) is 4.70. The van der Waals surface area contributed by atoms with E-state index in [-0.39, 0.29) is 0 Å². The summed E-state index contributed by atoms with van der Waals surface area (Å²) in [6.45, 7) is 3.11. The van der Waals surface area contributed by atoms with Crippen LogP contribution in [0.2, 0.25) is 0 Å². The Morgan fingerprint density at radius 3 is 3.18 bits per heavy atom. The first kappa shape index (κ1) is 11.8. The van der Waals surface area contributed by atoms with Crippen molar-refractivity contribution >= 4 is 5.82 Å². The molecular weight excluding hydrogens is 218 g/mol. The summed E-state index contributed by atoms with van der Waals surface area (Å²) in [5.74, 6) is 0.521. The van der Waals surface area contributed by atoms with Crippen molar-refractivity contribution in [1.82, 2.24) is 4.98 Å². The van der Waals surface area contributed by atoms with Crippen molar-refractivity contribution in [3.05, 3.63) is 23.4 Å². The van der Waals surface area contributed by atoms with Gasteiger partial charge in [-0.25, -0.2) is 4.98 Å². The zero-order valence-electron chi connectivity index (χ0n) is 9.73. The molecule has 0 amide bonds. The van der Waals surface area contributed by atoms with Crippen LogP contribution in [0.3, 0.4) is 0 Å². The van der Waals surface area contributed by atoms with Crippen LogP contribution >= 0.6 is 0 Å². The fourth-order valence-corrected chi connectivity index (χ4v) is 1.82. The summed E-state index contributed by atoms with van der Waals surface area (Å²) in [5.41, 5.74) is 0.549. The Morgan fingerprint density at radius 1 is 1.71 bits per heavy atom. The normalized spacial score (nSPS) is 23.4. The van der Waals surface area contributed by atoms with E-state index in [2.05, 4.69) is 16.4 Å². The molecule has 1 aromatic rings. The Bertz CT molecular complexity index is 448. The number of rotatable bonds is 3. The number of nitrogens with one attached hydrogen (secondary N) is 1. The van der Waals surface area contributed by atoms with Crippen molar-refractivity contribution in [2.45, 2.75) is 18.9 Å². The van der Waals surface area contributed by atoms with Gasteiger partial charge >= 0.3 is 0 Å². The fourth-order valence-electron chi connectivity index (χ4n) is 1.82. The number of aryl methyl sites for hydroxylation is 1. The van der Waals surface area contributed by atoms with Crippen molar-refractivity contribution in [1.29, 1.82) is 5.26 Å². The number of nitriles is 1. The highest BCUT2D eigenvalue weighted by molar-refractivity contribution is 5.55. The van der Waals surface area contributed by atoms with Crippen molar-refractivity contribution in [2.75, 3.05) is 25.1 Å². The zero-order valence-corrected chi connectivity index (χ0v) is 9.73. The number of hydrogen-bond donors (Lipinski definition) is 2. The quantitative estimate of drug-likeness (QED) is 0.808. The Morgan fingerprint density at radius 2 is 2.53 bits per heavy atom. The van der Waals surface area contributed by atoms with Gasteiger partial charge in [-0.3, -0.25) is 0 Å². The van der Waals surface area contributed by atoms with Gasteiger partial charge in [0, 0.05) is 25.8 Å². The molecule has 1 fully saturated rings. The first-order valence-electron chi connectivity index (χ1n) is 5.54. The van der Waals surface area contributed by atoms with Gasteiger partial charge in [-0.05, 0) is 18.6 Å². The molecule has 0 spiro atoms. The van der Waals surface area contributed by atoms with Crippen molar-refractivity contribution in [2.24, 2.45) is 0 Å². The second-order valence-electron chi connectivity index (χ2n) is 4.34. The van der Waals surface area contributed by atoms with Gasteiger partial charge in [-0.2, -0.15) is 5.26 Å². The highest BCUT2D eigenvalue weighted by Gasteiger charge is 2.32. The smallest absolute Gasteiger partial charge is 0.144 e. The summed E-state index contributed by atoms with van der Waals surface area (Å²) in [6.07, 6.45) is 2.25. The molecule has 1 aliphatic rings. The van der Waals surface area contributed by atoms with Crippen LogP contribution in [0.5, 0.6) is 0 Å².